The lowest BCUT2D eigenvalue weighted by Gasteiger charge is -2.13. The van der Waals surface area contributed by atoms with Gasteiger partial charge in [0.15, 0.2) is 4.98 Å². The Bertz CT molecular complexity index is 341. The first kappa shape index (κ1) is 8.79. The van der Waals surface area contributed by atoms with Crippen molar-refractivity contribution in [2.75, 3.05) is 0 Å². The van der Waals surface area contributed by atoms with Gasteiger partial charge in [-0.3, -0.25) is 5.32 Å². The van der Waals surface area contributed by atoms with Gasteiger partial charge in [0.1, 0.15) is 0 Å². The van der Waals surface area contributed by atoms with Crippen LogP contribution in [0.4, 0.5) is 4.79 Å². The molecule has 0 bridgehead atoms. The van der Waals surface area contributed by atoms with Crippen LogP contribution in [0.5, 0.6) is 0 Å². The lowest BCUT2D eigenvalue weighted by molar-refractivity contribution is -0.138. The van der Waals surface area contributed by atoms with Crippen LogP contribution in [0.2, 0.25) is 0 Å². The second kappa shape index (κ2) is 2.98. The minimum atomic E-state index is -1.54. The second-order valence-corrected chi connectivity index (χ2v) is 2.20. The Kier molecular flexibility index (Phi) is 2.01. The Balaban J connectivity index is 3.09. The largest absolute Gasteiger partial charge is 0.489 e. The van der Waals surface area contributed by atoms with E-state index in [4.69, 9.17) is 15.6 Å². The third-order valence-corrected chi connectivity index (χ3v) is 1.38. The highest BCUT2D eigenvalue weighted by Crippen LogP contribution is 2.11. The Morgan fingerprint density at radius 3 is 2.69 bits per heavy atom. The number of carbonyl (C=O) groups is 2. The van der Waals surface area contributed by atoms with E-state index in [1.54, 1.807) is 0 Å². The molecule has 1 aliphatic rings. The van der Waals surface area contributed by atoms with E-state index >= 15 is 0 Å². The van der Waals surface area contributed by atoms with Gasteiger partial charge in [0.05, 0.1) is 0 Å². The van der Waals surface area contributed by atoms with Gasteiger partial charge in [0.25, 0.3) is 5.88 Å². The Labute approximate surface area is 71.5 Å². The van der Waals surface area contributed by atoms with Gasteiger partial charge in [-0.05, 0) is 0 Å². The molecule has 0 saturated carbocycles. The number of carboxylic acids is 1. The van der Waals surface area contributed by atoms with E-state index in [0.717, 1.165) is 0 Å². The van der Waals surface area contributed by atoms with Gasteiger partial charge < -0.3 is 15.5 Å². The van der Waals surface area contributed by atoms with Crippen molar-refractivity contribution >= 4 is 12.0 Å². The number of hydrogen-bond acceptors (Lipinski definition) is 4. The van der Waals surface area contributed by atoms with Gasteiger partial charge in [-0.15, -0.1) is 0 Å². The highest BCUT2D eigenvalue weighted by atomic mass is 16.4. The average molecular weight is 185 g/mol. The van der Waals surface area contributed by atoms with Gasteiger partial charge in [-0.25, -0.2) is 9.59 Å². The monoisotopic (exact) mass is 185 g/mol. The van der Waals surface area contributed by atoms with Crippen LogP contribution in [0.3, 0.4) is 0 Å². The number of aliphatic hydroxyl groups is 1. The SMILES string of the molecule is N#[N+]C1=C(O)NC(=O)NC1C(=O)O. The van der Waals surface area contributed by atoms with Crippen LogP contribution in [0.1, 0.15) is 0 Å². The topological polar surface area (TPSA) is 127 Å². The van der Waals surface area contributed by atoms with Crippen molar-refractivity contribution in [2.45, 2.75) is 6.04 Å². The molecule has 0 radical (unpaired) electrons. The molecule has 1 unspecified atom stereocenters. The number of carboxylic acid groups (broad SMARTS) is 1. The van der Waals surface area contributed by atoms with Crippen molar-refractivity contribution in [3.8, 4) is 0 Å². The summed E-state index contributed by atoms with van der Waals surface area (Å²) >= 11 is 0. The summed E-state index contributed by atoms with van der Waals surface area (Å²) in [5, 5.41) is 29.5. The predicted molar refractivity (Wildman–Crippen MR) is 37.8 cm³/mol. The Morgan fingerprint density at radius 2 is 2.23 bits per heavy atom. The van der Waals surface area contributed by atoms with Crippen LogP contribution in [0.25, 0.3) is 4.98 Å². The van der Waals surface area contributed by atoms with E-state index < -0.39 is 29.6 Å². The van der Waals surface area contributed by atoms with Crippen LogP contribution in [-0.4, -0.2) is 28.3 Å². The van der Waals surface area contributed by atoms with E-state index in [1.807, 2.05) is 10.6 Å². The van der Waals surface area contributed by atoms with Crippen LogP contribution < -0.4 is 10.6 Å². The van der Waals surface area contributed by atoms with E-state index in [2.05, 4.69) is 4.98 Å². The number of aliphatic hydroxyl groups excluding tert-OH is 1. The van der Waals surface area contributed by atoms with E-state index in [-0.39, 0.29) is 0 Å². The number of nitrogens with one attached hydrogen (secondary N) is 2. The fourth-order valence-corrected chi connectivity index (χ4v) is 0.828. The van der Waals surface area contributed by atoms with Crippen molar-refractivity contribution in [3.63, 3.8) is 0 Å². The van der Waals surface area contributed by atoms with Crippen molar-refractivity contribution in [1.29, 1.82) is 5.39 Å². The van der Waals surface area contributed by atoms with Gasteiger partial charge in [-0.2, -0.15) is 0 Å². The number of hydrogen-bond donors (Lipinski definition) is 4. The molecule has 0 spiro atoms. The number of amides is 2. The maximum absolute atomic E-state index is 10.6. The molecule has 2 amide bonds. The summed E-state index contributed by atoms with van der Waals surface area (Å²) in [4.78, 5) is 23.6. The standard InChI is InChI=1S/C5H4N4O4/c6-9-1-2(4(11)12)7-5(13)8-3(1)10/h2H,(H3-,7,8,10,11,12,13)/p+1. The zero-order valence-corrected chi connectivity index (χ0v) is 6.18. The van der Waals surface area contributed by atoms with Gasteiger partial charge in [0, 0.05) is 0 Å². The number of nitrogens with zero attached hydrogens (tertiary/aromatic N) is 2. The molecule has 1 atom stereocenters. The number of aliphatic carboxylic acids is 1. The number of urea groups is 1. The number of carbonyl (C=O) groups excluding carboxylic acids is 1. The van der Waals surface area contributed by atoms with E-state index in [9.17, 15) is 9.59 Å². The van der Waals surface area contributed by atoms with Gasteiger partial charge >= 0.3 is 17.7 Å². The summed E-state index contributed by atoms with van der Waals surface area (Å²) in [7, 11) is 0. The molecule has 0 aromatic rings. The fraction of sp³-hybridized carbons (Fsp3) is 0.200. The summed E-state index contributed by atoms with van der Waals surface area (Å²) in [6.45, 7) is 0. The van der Waals surface area contributed by atoms with Crippen LogP contribution in [0.15, 0.2) is 11.6 Å². The molecule has 8 nitrogen and oxygen atoms in total. The van der Waals surface area contributed by atoms with Gasteiger partial charge in [-0.1, -0.05) is 0 Å². The summed E-state index contributed by atoms with van der Waals surface area (Å²) in [5.41, 5.74) is -0.549. The van der Waals surface area contributed by atoms with Crippen LogP contribution in [-0.2, 0) is 4.79 Å². The van der Waals surface area contributed by atoms with Crippen molar-refractivity contribution in [2.24, 2.45) is 0 Å². The zero-order valence-electron chi connectivity index (χ0n) is 6.18. The maximum atomic E-state index is 10.6. The quantitative estimate of drug-likeness (QED) is 0.403. The van der Waals surface area contributed by atoms with Crippen LogP contribution >= 0.6 is 0 Å². The molecule has 1 aliphatic heterocycles. The molecule has 0 aromatic heterocycles. The minimum Gasteiger partial charge on any atom is -0.489 e. The van der Waals surface area contributed by atoms with Crippen molar-refractivity contribution < 1.29 is 19.8 Å². The molecule has 68 valence electrons. The lowest BCUT2D eigenvalue weighted by atomic mass is 10.2. The first-order valence-electron chi connectivity index (χ1n) is 3.15. The third-order valence-electron chi connectivity index (χ3n) is 1.38. The first-order valence-corrected chi connectivity index (χ1v) is 3.15. The van der Waals surface area contributed by atoms with E-state index in [0.29, 0.717) is 0 Å². The summed E-state index contributed by atoms with van der Waals surface area (Å²) in [6, 6.07) is -2.42. The van der Waals surface area contributed by atoms with Crippen molar-refractivity contribution in [1.82, 2.24) is 10.6 Å². The molecule has 13 heavy (non-hydrogen) atoms. The average Bonchev–Trinajstić information content (AvgIpc) is 2.02. The molecule has 1 heterocycles. The second-order valence-electron chi connectivity index (χ2n) is 2.20. The molecule has 0 aliphatic carbocycles. The molecular formula is C5H5N4O4+. The van der Waals surface area contributed by atoms with E-state index in [1.165, 1.54) is 0 Å². The highest BCUT2D eigenvalue weighted by Gasteiger charge is 2.42. The lowest BCUT2D eigenvalue weighted by Crippen LogP contribution is -2.51. The normalized spacial score (nSPS) is 21.5. The number of diazo groups is 1. The molecule has 0 saturated heterocycles. The molecule has 1 rings (SSSR count). The fourth-order valence-electron chi connectivity index (χ4n) is 0.828. The predicted octanol–water partition coefficient (Wildman–Crippen LogP) is -0.667. The first-order chi connectivity index (χ1) is 6.06. The zero-order chi connectivity index (χ0) is 10.0. The third kappa shape index (κ3) is 1.48. The molecule has 0 fully saturated rings. The Morgan fingerprint density at radius 1 is 1.62 bits per heavy atom. The summed E-state index contributed by atoms with van der Waals surface area (Å²) < 4.78 is 0. The van der Waals surface area contributed by atoms with Crippen LogP contribution in [0, 0.1) is 5.39 Å². The summed E-state index contributed by atoms with van der Waals surface area (Å²) in [5.74, 6) is -2.21. The maximum Gasteiger partial charge on any atom is 0.454 e. The summed E-state index contributed by atoms with van der Waals surface area (Å²) in [6.07, 6.45) is 0. The highest BCUT2D eigenvalue weighted by molar-refractivity contribution is 5.88. The number of rotatable bonds is 1. The molecule has 8 heteroatoms. The molecule has 4 N–H and O–H groups in total. The smallest absolute Gasteiger partial charge is 0.454 e. The van der Waals surface area contributed by atoms with Gasteiger partial charge in [0.2, 0.25) is 11.4 Å². The Hall–Kier alpha value is -2.30. The molecule has 0 aromatic carbocycles. The minimum absolute atomic E-state index is 0.549. The molecular weight excluding hydrogens is 180 g/mol. The van der Waals surface area contributed by atoms with Crippen molar-refractivity contribution in [3.05, 3.63) is 16.6 Å².